The van der Waals surface area contributed by atoms with Gasteiger partial charge in [-0.2, -0.15) is 0 Å². The summed E-state index contributed by atoms with van der Waals surface area (Å²) in [6, 6.07) is 6.96. The van der Waals surface area contributed by atoms with Gasteiger partial charge in [0.05, 0.1) is 0 Å². The van der Waals surface area contributed by atoms with E-state index in [1.807, 2.05) is 13.0 Å². The molecule has 0 atom stereocenters. The average Bonchev–Trinajstić information content (AvgIpc) is 2.84. The van der Waals surface area contributed by atoms with Crippen molar-refractivity contribution in [2.45, 2.75) is 39.1 Å². The van der Waals surface area contributed by atoms with Crippen LogP contribution in [0.15, 0.2) is 33.7 Å². The molecule has 0 radical (unpaired) electrons. The predicted octanol–water partition coefficient (Wildman–Crippen LogP) is 2.46. The normalized spacial score (nSPS) is 11.3. The molecule has 0 bridgehead atoms. The minimum Gasteiger partial charge on any atom is -0.360 e. The molecule has 1 heterocycles. The lowest BCUT2D eigenvalue weighted by Gasteiger charge is -2.19. The summed E-state index contributed by atoms with van der Waals surface area (Å²) >= 11 is 0. The molecule has 0 spiro atoms. The third-order valence-corrected chi connectivity index (χ3v) is 5.24. The zero-order valence-corrected chi connectivity index (χ0v) is 15.0. The lowest BCUT2D eigenvalue weighted by atomic mass is 10.2. The van der Waals surface area contributed by atoms with Crippen LogP contribution in [0.4, 0.5) is 5.69 Å². The number of sulfonamides is 1. The van der Waals surface area contributed by atoms with Gasteiger partial charge in [0.25, 0.3) is 10.0 Å². The maximum atomic E-state index is 12.5. The molecule has 1 amide bonds. The highest BCUT2D eigenvalue weighted by atomic mass is 32.2. The fourth-order valence-electron chi connectivity index (χ4n) is 2.46. The van der Waals surface area contributed by atoms with Crippen molar-refractivity contribution in [3.63, 3.8) is 0 Å². The highest BCUT2D eigenvalue weighted by molar-refractivity contribution is 7.92. The number of rotatable bonds is 6. The van der Waals surface area contributed by atoms with Gasteiger partial charge in [0.1, 0.15) is 5.69 Å². The molecule has 8 heteroatoms. The monoisotopic (exact) mass is 351 g/mol. The van der Waals surface area contributed by atoms with E-state index < -0.39 is 10.0 Å². The summed E-state index contributed by atoms with van der Waals surface area (Å²) in [6.45, 7) is 7.54. The van der Waals surface area contributed by atoms with Crippen molar-refractivity contribution in [1.82, 2.24) is 10.1 Å². The molecule has 2 aromatic rings. The smallest absolute Gasteiger partial charge is 0.267 e. The van der Waals surface area contributed by atoms with Crippen LogP contribution in [0.1, 0.15) is 30.9 Å². The molecule has 0 aliphatic heterocycles. The van der Waals surface area contributed by atoms with Gasteiger partial charge in [-0.15, -0.1) is 0 Å². The fraction of sp³-hybridized carbons (Fsp3) is 0.375. The van der Waals surface area contributed by atoms with E-state index >= 15 is 0 Å². The first kappa shape index (κ1) is 18.0. The minimum atomic E-state index is -3.79. The molecule has 2 rings (SSSR count). The minimum absolute atomic E-state index is 0.0285. The molecule has 7 nitrogen and oxygen atoms in total. The second-order valence-electron chi connectivity index (χ2n) is 5.49. The summed E-state index contributed by atoms with van der Waals surface area (Å²) < 4.78 is 32.5. The van der Waals surface area contributed by atoms with E-state index in [1.165, 1.54) is 6.92 Å². The molecule has 0 saturated carbocycles. The van der Waals surface area contributed by atoms with Crippen molar-refractivity contribution in [3.05, 3.63) is 41.3 Å². The van der Waals surface area contributed by atoms with Gasteiger partial charge in [0.15, 0.2) is 10.7 Å². The van der Waals surface area contributed by atoms with Crippen LogP contribution in [0.3, 0.4) is 0 Å². The molecule has 24 heavy (non-hydrogen) atoms. The van der Waals surface area contributed by atoms with Crippen LogP contribution in [0.2, 0.25) is 0 Å². The van der Waals surface area contributed by atoms with Crippen LogP contribution in [0.5, 0.6) is 0 Å². The number of carbonyl (C=O) groups excluding carboxylic acids is 1. The van der Waals surface area contributed by atoms with Gasteiger partial charge in [0, 0.05) is 25.7 Å². The molecule has 0 fully saturated rings. The first-order valence-corrected chi connectivity index (χ1v) is 9.03. The van der Waals surface area contributed by atoms with E-state index in [0.717, 1.165) is 5.56 Å². The third-order valence-electron chi connectivity index (χ3n) is 3.62. The molecule has 0 aliphatic rings. The van der Waals surface area contributed by atoms with Crippen LogP contribution < -0.4 is 4.72 Å². The third kappa shape index (κ3) is 3.94. The van der Waals surface area contributed by atoms with Crippen molar-refractivity contribution in [1.29, 1.82) is 0 Å². The van der Waals surface area contributed by atoms with Gasteiger partial charge in [-0.1, -0.05) is 17.3 Å². The number of nitrogens with one attached hydrogen (secondary N) is 1. The molecule has 0 unspecified atom stereocenters. The molecular formula is C16H21N3O4S. The zero-order chi connectivity index (χ0) is 17.9. The van der Waals surface area contributed by atoms with E-state index in [4.69, 9.17) is 4.52 Å². The largest absolute Gasteiger partial charge is 0.360 e. The van der Waals surface area contributed by atoms with Gasteiger partial charge >= 0.3 is 0 Å². The Hall–Kier alpha value is -2.35. The van der Waals surface area contributed by atoms with Crippen molar-refractivity contribution in [2.75, 3.05) is 11.3 Å². The molecule has 0 aliphatic carbocycles. The summed E-state index contributed by atoms with van der Waals surface area (Å²) in [6.07, 6.45) is 0. The molecule has 1 aromatic heterocycles. The number of carbonyl (C=O) groups is 1. The molecule has 130 valence electrons. The Morgan fingerprint density at radius 2 is 2.04 bits per heavy atom. The number of amides is 1. The highest BCUT2D eigenvalue weighted by Crippen LogP contribution is 2.23. The summed E-state index contributed by atoms with van der Waals surface area (Å²) in [5, 5.41) is 3.67. The SMILES string of the molecule is CCN(Cc1cccc(NS(=O)(=O)c2c(C)noc2C)c1)C(C)=O. The maximum absolute atomic E-state index is 12.5. The van der Waals surface area contributed by atoms with E-state index in [0.29, 0.717) is 24.5 Å². The van der Waals surface area contributed by atoms with Gasteiger partial charge in [-0.3, -0.25) is 9.52 Å². The van der Waals surface area contributed by atoms with E-state index in [9.17, 15) is 13.2 Å². The number of nitrogens with zero attached hydrogens (tertiary/aromatic N) is 2. The molecular weight excluding hydrogens is 330 g/mol. The van der Waals surface area contributed by atoms with Crippen LogP contribution in [-0.2, 0) is 21.4 Å². The lowest BCUT2D eigenvalue weighted by molar-refractivity contribution is -0.129. The summed E-state index contributed by atoms with van der Waals surface area (Å²) in [5.41, 5.74) is 1.57. The second-order valence-corrected chi connectivity index (χ2v) is 7.11. The topological polar surface area (TPSA) is 92.5 Å². The summed E-state index contributed by atoms with van der Waals surface area (Å²) in [4.78, 5) is 13.2. The number of aromatic nitrogens is 1. The average molecular weight is 351 g/mol. The standard InChI is InChI=1S/C16H21N3O4S/c1-5-19(13(4)20)10-14-7-6-8-15(9-14)18-24(21,22)16-11(2)17-23-12(16)3/h6-9,18H,5,10H2,1-4H3. The predicted molar refractivity (Wildman–Crippen MR) is 90.0 cm³/mol. The Labute approximate surface area is 141 Å². The Morgan fingerprint density at radius 1 is 1.33 bits per heavy atom. The van der Waals surface area contributed by atoms with Crippen molar-refractivity contribution < 1.29 is 17.7 Å². The quantitative estimate of drug-likeness (QED) is 0.863. The van der Waals surface area contributed by atoms with Crippen molar-refractivity contribution in [2.24, 2.45) is 0 Å². The van der Waals surface area contributed by atoms with Crippen LogP contribution in [0, 0.1) is 13.8 Å². The maximum Gasteiger partial charge on any atom is 0.267 e. The Bertz CT molecular complexity index is 823. The number of hydrogen-bond donors (Lipinski definition) is 1. The van der Waals surface area contributed by atoms with Gasteiger partial charge in [-0.25, -0.2) is 8.42 Å². The van der Waals surface area contributed by atoms with E-state index in [-0.39, 0.29) is 16.6 Å². The van der Waals surface area contributed by atoms with Gasteiger partial charge < -0.3 is 9.42 Å². The van der Waals surface area contributed by atoms with Crippen molar-refractivity contribution in [3.8, 4) is 0 Å². The zero-order valence-electron chi connectivity index (χ0n) is 14.2. The van der Waals surface area contributed by atoms with E-state index in [1.54, 1.807) is 36.9 Å². The molecule has 0 saturated heterocycles. The lowest BCUT2D eigenvalue weighted by Crippen LogP contribution is -2.27. The summed E-state index contributed by atoms with van der Waals surface area (Å²) in [7, 11) is -3.79. The van der Waals surface area contributed by atoms with E-state index in [2.05, 4.69) is 9.88 Å². The Morgan fingerprint density at radius 3 is 2.58 bits per heavy atom. The number of anilines is 1. The Kier molecular flexibility index (Phi) is 5.28. The van der Waals surface area contributed by atoms with Gasteiger partial charge in [-0.05, 0) is 38.5 Å². The van der Waals surface area contributed by atoms with Crippen molar-refractivity contribution >= 4 is 21.6 Å². The van der Waals surface area contributed by atoms with Crippen LogP contribution in [-0.4, -0.2) is 30.9 Å². The second kappa shape index (κ2) is 7.04. The van der Waals surface area contributed by atoms with Crippen LogP contribution >= 0.6 is 0 Å². The van der Waals surface area contributed by atoms with Crippen LogP contribution in [0.25, 0.3) is 0 Å². The number of hydrogen-bond acceptors (Lipinski definition) is 5. The first-order valence-electron chi connectivity index (χ1n) is 7.54. The fourth-order valence-corrected chi connectivity index (χ4v) is 3.85. The van der Waals surface area contributed by atoms with Gasteiger partial charge in [0.2, 0.25) is 5.91 Å². The molecule has 1 N–H and O–H groups in total. The summed E-state index contributed by atoms with van der Waals surface area (Å²) in [5.74, 6) is 0.212. The highest BCUT2D eigenvalue weighted by Gasteiger charge is 2.24. The Balaban J connectivity index is 2.25. The number of aryl methyl sites for hydroxylation is 2. The molecule has 1 aromatic carbocycles. The first-order chi connectivity index (χ1) is 11.2. The number of benzene rings is 1.